The zero-order chi connectivity index (χ0) is 15.1. The summed E-state index contributed by atoms with van der Waals surface area (Å²) in [7, 11) is 1.89. The van der Waals surface area contributed by atoms with Gasteiger partial charge in [0.25, 0.3) is 0 Å². The van der Waals surface area contributed by atoms with E-state index in [1.807, 2.05) is 18.5 Å². The van der Waals surface area contributed by atoms with Gasteiger partial charge < -0.3 is 5.73 Å². The monoisotopic (exact) mass is 287 g/mol. The number of nitrogens with zero attached hydrogens (tertiary/aromatic N) is 4. The molecule has 0 amide bonds. The lowest BCUT2D eigenvalue weighted by atomic mass is 10.1. The van der Waals surface area contributed by atoms with Crippen LogP contribution in [0.1, 0.15) is 24.2 Å². The molecular weight excluding hydrogens is 269 g/mol. The van der Waals surface area contributed by atoms with Crippen molar-refractivity contribution in [1.82, 2.24) is 19.3 Å². The number of aryl methyl sites for hydroxylation is 2. The van der Waals surface area contributed by atoms with Crippen LogP contribution in [0.25, 0.3) is 11.2 Å². The van der Waals surface area contributed by atoms with E-state index >= 15 is 0 Å². The lowest BCUT2D eigenvalue weighted by Crippen LogP contribution is -2.13. The molecule has 21 heavy (non-hydrogen) atoms. The highest BCUT2D eigenvalue weighted by Crippen LogP contribution is 2.26. The lowest BCUT2D eigenvalue weighted by molar-refractivity contribution is 0.550. The molecule has 5 nitrogen and oxygen atoms in total. The zero-order valence-corrected chi connectivity index (χ0v) is 12.3. The third kappa shape index (κ3) is 2.26. The Morgan fingerprint density at radius 3 is 2.62 bits per heavy atom. The molecule has 1 atom stereocenters. The topological polar surface area (TPSA) is 61.7 Å². The third-order valence-electron chi connectivity index (χ3n) is 3.75. The van der Waals surface area contributed by atoms with Crippen molar-refractivity contribution < 1.29 is 4.39 Å². The fourth-order valence-corrected chi connectivity index (χ4v) is 2.80. The SMILES string of the molecule is Cc1nn(C)c2c1nc(N)n2C(C)Cc1ccc(F)cc1. The van der Waals surface area contributed by atoms with E-state index in [0.717, 1.165) is 28.8 Å². The van der Waals surface area contributed by atoms with Crippen molar-refractivity contribution in [2.75, 3.05) is 5.73 Å². The number of benzene rings is 1. The predicted octanol–water partition coefficient (Wildman–Crippen LogP) is 2.60. The Labute approximate surface area is 122 Å². The van der Waals surface area contributed by atoms with Crippen molar-refractivity contribution in [3.05, 3.63) is 41.3 Å². The molecule has 2 heterocycles. The minimum absolute atomic E-state index is 0.107. The van der Waals surface area contributed by atoms with Crippen molar-refractivity contribution in [1.29, 1.82) is 0 Å². The smallest absolute Gasteiger partial charge is 0.202 e. The predicted molar refractivity (Wildman–Crippen MR) is 80.5 cm³/mol. The van der Waals surface area contributed by atoms with E-state index in [9.17, 15) is 4.39 Å². The Kier molecular flexibility index (Phi) is 3.16. The van der Waals surface area contributed by atoms with Gasteiger partial charge in [0, 0.05) is 13.1 Å². The Bertz CT molecular complexity index is 785. The Balaban J connectivity index is 1.99. The van der Waals surface area contributed by atoms with Gasteiger partial charge in [-0.05, 0) is 38.0 Å². The van der Waals surface area contributed by atoms with Crippen molar-refractivity contribution >= 4 is 17.1 Å². The maximum Gasteiger partial charge on any atom is 0.202 e. The zero-order valence-electron chi connectivity index (χ0n) is 12.3. The van der Waals surface area contributed by atoms with Gasteiger partial charge in [-0.25, -0.2) is 9.37 Å². The molecule has 3 aromatic rings. The number of halogens is 1. The highest BCUT2D eigenvalue weighted by molar-refractivity contribution is 5.77. The van der Waals surface area contributed by atoms with Crippen molar-refractivity contribution in [2.24, 2.45) is 7.05 Å². The largest absolute Gasteiger partial charge is 0.369 e. The van der Waals surface area contributed by atoms with E-state index in [1.165, 1.54) is 12.1 Å². The van der Waals surface area contributed by atoms with E-state index in [1.54, 1.807) is 16.8 Å². The fourth-order valence-electron chi connectivity index (χ4n) is 2.80. The first-order valence-electron chi connectivity index (χ1n) is 6.89. The van der Waals surface area contributed by atoms with Gasteiger partial charge >= 0.3 is 0 Å². The molecule has 0 aliphatic heterocycles. The molecule has 0 aliphatic rings. The molecule has 2 aromatic heterocycles. The average Bonchev–Trinajstić information content (AvgIpc) is 2.90. The molecule has 0 saturated carbocycles. The summed E-state index contributed by atoms with van der Waals surface area (Å²) in [5, 5.41) is 4.38. The maximum atomic E-state index is 13.0. The van der Waals surface area contributed by atoms with Crippen LogP contribution >= 0.6 is 0 Å². The van der Waals surface area contributed by atoms with E-state index in [0.29, 0.717) is 5.95 Å². The summed E-state index contributed by atoms with van der Waals surface area (Å²) in [6, 6.07) is 6.65. The number of rotatable bonds is 3. The van der Waals surface area contributed by atoms with Gasteiger partial charge in [0.2, 0.25) is 5.95 Å². The molecule has 6 heteroatoms. The summed E-state index contributed by atoms with van der Waals surface area (Å²) >= 11 is 0. The van der Waals surface area contributed by atoms with Crippen LogP contribution in [0.15, 0.2) is 24.3 Å². The molecule has 110 valence electrons. The number of hydrogen-bond donors (Lipinski definition) is 1. The van der Waals surface area contributed by atoms with Crippen LogP contribution in [-0.2, 0) is 13.5 Å². The standard InChI is InChI=1S/C15H18FN5/c1-9(8-11-4-6-12(16)7-5-11)21-14-13(18-15(21)17)10(2)19-20(14)3/h4-7,9H,8H2,1-3H3,(H2,17,18). The van der Waals surface area contributed by atoms with Gasteiger partial charge in [0.05, 0.1) is 5.69 Å². The number of fused-ring (bicyclic) bond motifs is 1. The number of imidazole rings is 1. The third-order valence-corrected chi connectivity index (χ3v) is 3.75. The molecule has 3 rings (SSSR count). The molecule has 0 bridgehead atoms. The molecule has 0 saturated heterocycles. The van der Waals surface area contributed by atoms with Crippen LogP contribution in [0.5, 0.6) is 0 Å². The first-order chi connectivity index (χ1) is 9.97. The summed E-state index contributed by atoms with van der Waals surface area (Å²) in [5.41, 5.74) is 9.74. The van der Waals surface area contributed by atoms with Gasteiger partial charge in [0.15, 0.2) is 5.65 Å². The number of hydrogen-bond acceptors (Lipinski definition) is 3. The summed E-state index contributed by atoms with van der Waals surface area (Å²) in [5.74, 6) is 0.258. The van der Waals surface area contributed by atoms with E-state index in [4.69, 9.17) is 5.73 Å². The van der Waals surface area contributed by atoms with Gasteiger partial charge in [-0.2, -0.15) is 5.10 Å². The van der Waals surface area contributed by atoms with Gasteiger partial charge in [-0.15, -0.1) is 0 Å². The van der Waals surface area contributed by atoms with Crippen molar-refractivity contribution in [3.63, 3.8) is 0 Å². The van der Waals surface area contributed by atoms with Crippen LogP contribution in [0, 0.1) is 12.7 Å². The fraction of sp³-hybridized carbons (Fsp3) is 0.333. The highest BCUT2D eigenvalue weighted by Gasteiger charge is 2.19. The van der Waals surface area contributed by atoms with Crippen LogP contribution in [0.4, 0.5) is 10.3 Å². The number of nitrogens with two attached hydrogens (primary N) is 1. The summed E-state index contributed by atoms with van der Waals surface area (Å²) in [6.07, 6.45) is 0.750. The number of nitrogen functional groups attached to an aromatic ring is 1. The second-order valence-corrected chi connectivity index (χ2v) is 5.40. The molecule has 2 N–H and O–H groups in total. The summed E-state index contributed by atoms with van der Waals surface area (Å²) in [4.78, 5) is 4.41. The summed E-state index contributed by atoms with van der Waals surface area (Å²) in [6.45, 7) is 3.99. The van der Waals surface area contributed by atoms with E-state index in [-0.39, 0.29) is 11.9 Å². The molecule has 0 radical (unpaired) electrons. The second-order valence-electron chi connectivity index (χ2n) is 5.40. The minimum Gasteiger partial charge on any atom is -0.369 e. The van der Waals surface area contributed by atoms with Gasteiger partial charge in [-0.1, -0.05) is 12.1 Å². The van der Waals surface area contributed by atoms with Crippen molar-refractivity contribution in [2.45, 2.75) is 26.3 Å². The molecule has 0 spiro atoms. The van der Waals surface area contributed by atoms with Gasteiger partial charge in [-0.3, -0.25) is 9.25 Å². The van der Waals surface area contributed by atoms with Crippen molar-refractivity contribution in [3.8, 4) is 0 Å². The van der Waals surface area contributed by atoms with E-state index in [2.05, 4.69) is 17.0 Å². The number of aromatic nitrogens is 4. The Hall–Kier alpha value is -2.37. The van der Waals surface area contributed by atoms with Crippen LogP contribution in [0.3, 0.4) is 0 Å². The normalized spacial score (nSPS) is 13.0. The molecule has 0 fully saturated rings. The average molecular weight is 287 g/mol. The molecular formula is C15H18FN5. The molecule has 1 aromatic carbocycles. The van der Waals surface area contributed by atoms with Crippen LogP contribution in [0.2, 0.25) is 0 Å². The van der Waals surface area contributed by atoms with Crippen LogP contribution in [-0.4, -0.2) is 19.3 Å². The maximum absolute atomic E-state index is 13.0. The minimum atomic E-state index is -0.224. The second kappa shape index (κ2) is 4.87. The van der Waals surface area contributed by atoms with Crippen LogP contribution < -0.4 is 5.73 Å². The summed E-state index contributed by atoms with van der Waals surface area (Å²) < 4.78 is 16.8. The Morgan fingerprint density at radius 2 is 1.95 bits per heavy atom. The van der Waals surface area contributed by atoms with E-state index < -0.39 is 0 Å². The van der Waals surface area contributed by atoms with Gasteiger partial charge in [0.1, 0.15) is 11.3 Å². The highest BCUT2D eigenvalue weighted by atomic mass is 19.1. The quantitative estimate of drug-likeness (QED) is 0.805. The molecule has 0 aliphatic carbocycles. The molecule has 1 unspecified atom stereocenters. The first-order valence-corrected chi connectivity index (χ1v) is 6.89. The lowest BCUT2D eigenvalue weighted by Gasteiger charge is -2.16. The first kappa shape index (κ1) is 13.6. The number of anilines is 1. The Morgan fingerprint density at radius 1 is 1.29 bits per heavy atom.